The van der Waals surface area contributed by atoms with Crippen molar-refractivity contribution >= 4 is 12.4 Å². The molecule has 0 atom stereocenters. The highest BCUT2D eigenvalue weighted by Crippen LogP contribution is 2.08. The Hall–Kier alpha value is -0.600. The summed E-state index contributed by atoms with van der Waals surface area (Å²) in [4.78, 5) is 0. The van der Waals surface area contributed by atoms with E-state index in [1.54, 1.807) is 12.1 Å². The highest BCUT2D eigenvalue weighted by molar-refractivity contribution is 5.85. The lowest BCUT2D eigenvalue weighted by Crippen LogP contribution is -2.06. The molecule has 1 rings (SSSR count). The van der Waals surface area contributed by atoms with Crippen LogP contribution >= 0.6 is 12.4 Å². The molecule has 12 heavy (non-hydrogen) atoms. The average Bonchev–Trinajstić information content (AvgIpc) is 1.95. The van der Waals surface area contributed by atoms with Crippen LogP contribution in [0.15, 0.2) is 18.2 Å². The van der Waals surface area contributed by atoms with Gasteiger partial charge in [0, 0.05) is 6.54 Å². The maximum atomic E-state index is 12.6. The fourth-order valence-corrected chi connectivity index (χ4v) is 1.05. The van der Waals surface area contributed by atoms with Crippen molar-refractivity contribution < 1.29 is 4.39 Å². The van der Waals surface area contributed by atoms with Crippen molar-refractivity contribution in [2.24, 2.45) is 0 Å². The van der Waals surface area contributed by atoms with E-state index < -0.39 is 0 Å². The highest BCUT2D eigenvalue weighted by atomic mass is 35.5. The molecule has 0 spiro atoms. The third kappa shape index (κ3) is 2.80. The van der Waals surface area contributed by atoms with Gasteiger partial charge in [-0.3, -0.25) is 0 Å². The van der Waals surface area contributed by atoms with Gasteiger partial charge in [-0.1, -0.05) is 6.07 Å². The lowest BCUT2D eigenvalue weighted by Gasteiger charge is -2.03. The van der Waals surface area contributed by atoms with Crippen molar-refractivity contribution in [2.75, 3.05) is 7.05 Å². The molecule has 0 heterocycles. The summed E-state index contributed by atoms with van der Waals surface area (Å²) in [5.74, 6) is -0.164. The zero-order chi connectivity index (χ0) is 8.27. The second kappa shape index (κ2) is 5.12. The normalized spacial score (nSPS) is 9.25. The largest absolute Gasteiger partial charge is 0.316 e. The number of hydrogen-bond donors (Lipinski definition) is 1. The van der Waals surface area contributed by atoms with E-state index >= 15 is 0 Å². The highest BCUT2D eigenvalue weighted by Gasteiger charge is 1.97. The summed E-state index contributed by atoms with van der Waals surface area (Å²) < 4.78 is 12.6. The van der Waals surface area contributed by atoms with Gasteiger partial charge in [-0.05, 0) is 37.2 Å². The summed E-state index contributed by atoms with van der Waals surface area (Å²) in [6, 6.07) is 4.84. The van der Waals surface area contributed by atoms with E-state index in [0.29, 0.717) is 0 Å². The molecular weight excluding hydrogens is 177 g/mol. The van der Waals surface area contributed by atoms with Crippen LogP contribution < -0.4 is 5.32 Å². The van der Waals surface area contributed by atoms with Gasteiger partial charge in [-0.15, -0.1) is 12.4 Å². The van der Waals surface area contributed by atoms with E-state index in [0.717, 1.165) is 17.7 Å². The molecule has 0 aromatic heterocycles. The maximum absolute atomic E-state index is 12.6. The number of halogens is 2. The van der Waals surface area contributed by atoms with Gasteiger partial charge in [0.2, 0.25) is 0 Å². The predicted molar refractivity (Wildman–Crippen MR) is 51.1 cm³/mol. The first kappa shape index (κ1) is 11.4. The minimum atomic E-state index is -0.164. The Morgan fingerprint density at radius 3 is 2.58 bits per heavy atom. The van der Waals surface area contributed by atoms with Gasteiger partial charge >= 0.3 is 0 Å². The maximum Gasteiger partial charge on any atom is 0.123 e. The van der Waals surface area contributed by atoms with Crippen molar-refractivity contribution in [2.45, 2.75) is 13.5 Å². The minimum Gasteiger partial charge on any atom is -0.316 e. The van der Waals surface area contributed by atoms with Crippen molar-refractivity contribution in [3.05, 3.63) is 35.1 Å². The SMILES string of the molecule is CNCc1ccc(F)cc1C.Cl. The molecule has 3 heteroatoms. The van der Waals surface area contributed by atoms with Crippen LogP contribution in [-0.4, -0.2) is 7.05 Å². The number of hydrogen-bond acceptors (Lipinski definition) is 1. The number of aryl methyl sites for hydroxylation is 1. The second-order valence-corrected chi connectivity index (χ2v) is 2.60. The molecule has 0 amide bonds. The first-order chi connectivity index (χ1) is 5.24. The molecule has 1 aromatic carbocycles. The van der Waals surface area contributed by atoms with Crippen LogP contribution in [0.2, 0.25) is 0 Å². The van der Waals surface area contributed by atoms with E-state index in [4.69, 9.17) is 0 Å². The zero-order valence-electron chi connectivity index (χ0n) is 7.23. The summed E-state index contributed by atoms with van der Waals surface area (Å²) >= 11 is 0. The van der Waals surface area contributed by atoms with Gasteiger partial charge in [-0.25, -0.2) is 4.39 Å². The van der Waals surface area contributed by atoms with Crippen LogP contribution in [-0.2, 0) is 6.54 Å². The van der Waals surface area contributed by atoms with Crippen molar-refractivity contribution in [3.8, 4) is 0 Å². The zero-order valence-corrected chi connectivity index (χ0v) is 8.04. The van der Waals surface area contributed by atoms with Gasteiger partial charge in [0.05, 0.1) is 0 Å². The molecule has 0 radical (unpaired) electrons. The smallest absolute Gasteiger partial charge is 0.123 e. The van der Waals surface area contributed by atoms with Crippen LogP contribution in [0, 0.1) is 12.7 Å². The van der Waals surface area contributed by atoms with Crippen molar-refractivity contribution in [3.63, 3.8) is 0 Å². The molecule has 1 N–H and O–H groups in total. The van der Waals surface area contributed by atoms with Crippen molar-refractivity contribution in [1.29, 1.82) is 0 Å². The van der Waals surface area contributed by atoms with Crippen molar-refractivity contribution in [1.82, 2.24) is 5.32 Å². The molecule has 0 saturated carbocycles. The Bertz CT molecular complexity index is 250. The van der Waals surface area contributed by atoms with Gasteiger partial charge < -0.3 is 5.32 Å². The molecule has 0 fully saturated rings. The van der Waals surface area contributed by atoms with Crippen LogP contribution in [0.1, 0.15) is 11.1 Å². The Kier molecular flexibility index (Phi) is 4.86. The summed E-state index contributed by atoms with van der Waals surface area (Å²) in [6.45, 7) is 2.71. The quantitative estimate of drug-likeness (QED) is 0.753. The van der Waals surface area contributed by atoms with Crippen LogP contribution in [0.4, 0.5) is 4.39 Å². The minimum absolute atomic E-state index is 0. The topological polar surface area (TPSA) is 12.0 Å². The monoisotopic (exact) mass is 189 g/mol. The Morgan fingerprint density at radius 1 is 1.42 bits per heavy atom. The van der Waals surface area contributed by atoms with E-state index in [9.17, 15) is 4.39 Å². The first-order valence-electron chi connectivity index (χ1n) is 3.63. The summed E-state index contributed by atoms with van der Waals surface area (Å²) in [6.07, 6.45) is 0. The van der Waals surface area contributed by atoms with Gasteiger partial charge in [0.15, 0.2) is 0 Å². The van der Waals surface area contributed by atoms with E-state index in [-0.39, 0.29) is 18.2 Å². The molecule has 1 nitrogen and oxygen atoms in total. The lowest BCUT2D eigenvalue weighted by molar-refractivity contribution is 0.625. The van der Waals surface area contributed by atoms with Crippen LogP contribution in [0.25, 0.3) is 0 Å². The molecule has 0 unspecified atom stereocenters. The molecule has 0 bridgehead atoms. The van der Waals surface area contributed by atoms with Crippen LogP contribution in [0.3, 0.4) is 0 Å². The van der Waals surface area contributed by atoms with Gasteiger partial charge in [-0.2, -0.15) is 0 Å². The third-order valence-electron chi connectivity index (χ3n) is 1.67. The molecule has 68 valence electrons. The number of benzene rings is 1. The third-order valence-corrected chi connectivity index (χ3v) is 1.67. The summed E-state index contributed by atoms with van der Waals surface area (Å²) in [5, 5.41) is 3.02. The molecule has 0 aliphatic heterocycles. The first-order valence-corrected chi connectivity index (χ1v) is 3.63. The summed E-state index contributed by atoms with van der Waals surface area (Å²) in [5.41, 5.74) is 2.15. The fourth-order valence-electron chi connectivity index (χ4n) is 1.05. The van der Waals surface area contributed by atoms with E-state index in [1.165, 1.54) is 6.07 Å². The number of nitrogens with one attached hydrogen (secondary N) is 1. The average molecular weight is 190 g/mol. The molecule has 0 saturated heterocycles. The second-order valence-electron chi connectivity index (χ2n) is 2.60. The molecule has 0 aliphatic carbocycles. The standard InChI is InChI=1S/C9H12FN.ClH/c1-7-5-9(10)4-3-8(7)6-11-2;/h3-5,11H,6H2,1-2H3;1H. The van der Waals surface area contributed by atoms with Crippen LogP contribution in [0.5, 0.6) is 0 Å². The Labute approximate surface area is 78.4 Å². The van der Waals surface area contributed by atoms with Gasteiger partial charge in [0.1, 0.15) is 5.82 Å². The Morgan fingerprint density at radius 2 is 2.08 bits per heavy atom. The molecular formula is C9H13ClFN. The Balaban J connectivity index is 0.00000121. The summed E-state index contributed by atoms with van der Waals surface area (Å²) in [7, 11) is 1.88. The van der Waals surface area contributed by atoms with Gasteiger partial charge in [0.25, 0.3) is 0 Å². The fraction of sp³-hybridized carbons (Fsp3) is 0.333. The van der Waals surface area contributed by atoms with E-state index in [2.05, 4.69) is 5.32 Å². The lowest BCUT2D eigenvalue weighted by atomic mass is 10.1. The van der Waals surface area contributed by atoms with E-state index in [1.807, 2.05) is 14.0 Å². The molecule has 0 aliphatic rings. The molecule has 1 aromatic rings. The predicted octanol–water partition coefficient (Wildman–Crippen LogP) is 2.28. The number of rotatable bonds is 2.